The van der Waals surface area contributed by atoms with Crippen LogP contribution in [0.5, 0.6) is 0 Å². The number of hydrogen-bond donors (Lipinski definition) is 1. The highest BCUT2D eigenvalue weighted by Gasteiger charge is 2.10. The molecular formula is C21H14FN5S. The zero-order valence-corrected chi connectivity index (χ0v) is 15.4. The number of nitrogens with two attached hydrogens (primary N) is 1. The molecule has 2 aromatic heterocycles. The minimum atomic E-state index is -0.244. The van der Waals surface area contributed by atoms with Gasteiger partial charge in [0, 0.05) is 11.3 Å². The lowest BCUT2D eigenvalue weighted by Crippen LogP contribution is -1.92. The molecule has 7 heteroatoms. The summed E-state index contributed by atoms with van der Waals surface area (Å²) in [5, 5.41) is 9.22. The van der Waals surface area contributed by atoms with E-state index in [0.29, 0.717) is 5.13 Å². The fraction of sp³-hybridized carbons (Fsp3) is 0. The number of rotatable bonds is 3. The molecule has 3 aromatic carbocycles. The van der Waals surface area contributed by atoms with Crippen LogP contribution >= 0.6 is 11.3 Å². The number of nitrogen functional groups attached to an aromatic ring is 1. The molecule has 0 spiro atoms. The van der Waals surface area contributed by atoms with E-state index in [1.807, 2.05) is 47.0 Å². The van der Waals surface area contributed by atoms with Crippen molar-refractivity contribution in [2.45, 2.75) is 0 Å². The Hall–Kier alpha value is -3.58. The second-order valence-electron chi connectivity index (χ2n) is 6.32. The van der Waals surface area contributed by atoms with Crippen molar-refractivity contribution in [3.63, 3.8) is 0 Å². The van der Waals surface area contributed by atoms with Gasteiger partial charge in [0.25, 0.3) is 0 Å². The summed E-state index contributed by atoms with van der Waals surface area (Å²) in [5.41, 5.74) is 11.4. The first-order valence-electron chi connectivity index (χ1n) is 8.60. The molecule has 136 valence electrons. The van der Waals surface area contributed by atoms with Gasteiger partial charge in [-0.05, 0) is 47.5 Å². The van der Waals surface area contributed by atoms with Crippen LogP contribution in [0.1, 0.15) is 0 Å². The predicted molar refractivity (Wildman–Crippen MR) is 110 cm³/mol. The van der Waals surface area contributed by atoms with Crippen LogP contribution in [0.25, 0.3) is 38.4 Å². The minimum absolute atomic E-state index is 0.244. The standard InChI is InChI=1S/C21H14FN5S/c22-16-7-4-13(5-8-16)14-6-9-19-18(11-14)24-12-27(19)17-3-1-2-15(10-17)20-25-26-21(23)28-20/h1-12H,(H2,23,26). The third kappa shape index (κ3) is 2.91. The van der Waals surface area contributed by atoms with E-state index in [9.17, 15) is 4.39 Å². The summed E-state index contributed by atoms with van der Waals surface area (Å²) < 4.78 is 15.2. The first kappa shape index (κ1) is 16.6. The van der Waals surface area contributed by atoms with Crippen LogP contribution in [0.3, 0.4) is 0 Å². The van der Waals surface area contributed by atoms with Crippen LogP contribution in [-0.2, 0) is 0 Å². The lowest BCUT2D eigenvalue weighted by atomic mass is 10.1. The molecule has 0 fully saturated rings. The second-order valence-corrected chi connectivity index (χ2v) is 7.33. The zero-order valence-electron chi connectivity index (χ0n) is 14.6. The average molecular weight is 387 g/mol. The Kier molecular flexibility index (Phi) is 3.87. The molecule has 0 radical (unpaired) electrons. The smallest absolute Gasteiger partial charge is 0.203 e. The summed E-state index contributed by atoms with van der Waals surface area (Å²) in [6.45, 7) is 0. The maximum Gasteiger partial charge on any atom is 0.203 e. The van der Waals surface area contributed by atoms with E-state index >= 15 is 0 Å². The molecule has 0 amide bonds. The van der Waals surface area contributed by atoms with E-state index < -0.39 is 0 Å². The monoisotopic (exact) mass is 387 g/mol. The van der Waals surface area contributed by atoms with Gasteiger partial charge in [0.05, 0.1) is 11.0 Å². The highest BCUT2D eigenvalue weighted by Crippen LogP contribution is 2.29. The molecule has 0 atom stereocenters. The van der Waals surface area contributed by atoms with Gasteiger partial charge in [-0.1, -0.05) is 41.7 Å². The van der Waals surface area contributed by atoms with Crippen molar-refractivity contribution in [2.24, 2.45) is 0 Å². The molecule has 2 heterocycles. The Morgan fingerprint density at radius 2 is 1.68 bits per heavy atom. The highest BCUT2D eigenvalue weighted by atomic mass is 32.1. The van der Waals surface area contributed by atoms with E-state index in [-0.39, 0.29) is 5.82 Å². The second kappa shape index (κ2) is 6.54. The van der Waals surface area contributed by atoms with Crippen molar-refractivity contribution in [1.29, 1.82) is 0 Å². The average Bonchev–Trinajstić information content (AvgIpc) is 3.34. The van der Waals surface area contributed by atoms with Crippen molar-refractivity contribution >= 4 is 27.5 Å². The van der Waals surface area contributed by atoms with Crippen LogP contribution in [0, 0.1) is 5.82 Å². The summed E-state index contributed by atoms with van der Waals surface area (Å²) in [6.07, 6.45) is 1.80. The van der Waals surface area contributed by atoms with Crippen LogP contribution in [0.2, 0.25) is 0 Å². The molecule has 2 N–H and O–H groups in total. The van der Waals surface area contributed by atoms with Crippen molar-refractivity contribution < 1.29 is 4.39 Å². The molecule has 0 aliphatic heterocycles. The first-order valence-corrected chi connectivity index (χ1v) is 9.42. The fourth-order valence-corrected chi connectivity index (χ4v) is 3.79. The third-order valence-electron chi connectivity index (χ3n) is 4.54. The molecule has 0 aliphatic carbocycles. The van der Waals surface area contributed by atoms with Crippen molar-refractivity contribution in [3.8, 4) is 27.4 Å². The number of hydrogen-bond acceptors (Lipinski definition) is 5. The van der Waals surface area contributed by atoms with Crippen LogP contribution in [0.15, 0.2) is 73.1 Å². The first-order chi connectivity index (χ1) is 13.7. The fourth-order valence-electron chi connectivity index (χ4n) is 3.18. The van der Waals surface area contributed by atoms with Gasteiger partial charge in [-0.3, -0.25) is 4.57 Å². The number of fused-ring (bicyclic) bond motifs is 1. The zero-order chi connectivity index (χ0) is 19.1. The number of imidazole rings is 1. The Morgan fingerprint density at radius 1 is 0.857 bits per heavy atom. The lowest BCUT2D eigenvalue weighted by Gasteiger charge is -2.07. The van der Waals surface area contributed by atoms with E-state index in [2.05, 4.69) is 15.2 Å². The Bertz CT molecular complexity index is 1290. The van der Waals surface area contributed by atoms with Crippen LogP contribution in [0.4, 0.5) is 9.52 Å². The van der Waals surface area contributed by atoms with Gasteiger partial charge in [0.15, 0.2) is 0 Å². The number of nitrogens with zero attached hydrogens (tertiary/aromatic N) is 4. The third-order valence-corrected chi connectivity index (χ3v) is 5.34. The molecular weight excluding hydrogens is 373 g/mol. The largest absolute Gasteiger partial charge is 0.374 e. The molecule has 0 bridgehead atoms. The highest BCUT2D eigenvalue weighted by molar-refractivity contribution is 7.18. The molecule has 0 saturated heterocycles. The lowest BCUT2D eigenvalue weighted by molar-refractivity contribution is 0.628. The molecule has 5 rings (SSSR count). The van der Waals surface area contributed by atoms with Gasteiger partial charge >= 0.3 is 0 Å². The number of anilines is 1. The number of benzene rings is 3. The van der Waals surface area contributed by atoms with E-state index in [1.165, 1.54) is 23.5 Å². The molecule has 5 nitrogen and oxygen atoms in total. The Morgan fingerprint density at radius 3 is 2.46 bits per heavy atom. The van der Waals surface area contributed by atoms with Gasteiger partial charge in [-0.25, -0.2) is 9.37 Å². The van der Waals surface area contributed by atoms with Crippen molar-refractivity contribution in [2.75, 3.05) is 5.73 Å². The molecule has 5 aromatic rings. The van der Waals surface area contributed by atoms with Gasteiger partial charge in [-0.2, -0.15) is 0 Å². The van der Waals surface area contributed by atoms with Crippen LogP contribution < -0.4 is 5.73 Å². The van der Waals surface area contributed by atoms with E-state index in [1.54, 1.807) is 18.5 Å². The summed E-state index contributed by atoms with van der Waals surface area (Å²) in [6, 6.07) is 20.5. The molecule has 28 heavy (non-hydrogen) atoms. The minimum Gasteiger partial charge on any atom is -0.374 e. The SMILES string of the molecule is Nc1nnc(-c2cccc(-n3cnc4cc(-c5ccc(F)cc5)ccc43)c2)s1. The van der Waals surface area contributed by atoms with E-state index in [0.717, 1.165) is 38.4 Å². The summed E-state index contributed by atoms with van der Waals surface area (Å²) >= 11 is 1.35. The topological polar surface area (TPSA) is 69.6 Å². The summed E-state index contributed by atoms with van der Waals surface area (Å²) in [5.74, 6) is -0.244. The summed E-state index contributed by atoms with van der Waals surface area (Å²) in [4.78, 5) is 4.55. The van der Waals surface area contributed by atoms with E-state index in [4.69, 9.17) is 5.73 Å². The number of halogens is 1. The maximum absolute atomic E-state index is 13.2. The Labute approximate surface area is 163 Å². The Balaban J connectivity index is 1.56. The van der Waals surface area contributed by atoms with Crippen LogP contribution in [-0.4, -0.2) is 19.7 Å². The summed E-state index contributed by atoms with van der Waals surface area (Å²) in [7, 11) is 0. The normalized spacial score (nSPS) is 11.2. The molecule has 0 saturated carbocycles. The predicted octanol–water partition coefficient (Wildman–Crippen LogP) is 4.93. The van der Waals surface area contributed by atoms with Crippen molar-refractivity contribution in [1.82, 2.24) is 19.7 Å². The molecule has 0 aliphatic rings. The molecule has 0 unspecified atom stereocenters. The van der Waals surface area contributed by atoms with Gasteiger partial charge in [-0.15, -0.1) is 10.2 Å². The van der Waals surface area contributed by atoms with Gasteiger partial charge in [0.1, 0.15) is 17.2 Å². The number of aromatic nitrogens is 4. The maximum atomic E-state index is 13.2. The van der Waals surface area contributed by atoms with Crippen molar-refractivity contribution in [3.05, 3.63) is 78.9 Å². The quantitative estimate of drug-likeness (QED) is 0.476. The van der Waals surface area contributed by atoms with Gasteiger partial charge < -0.3 is 5.73 Å². The van der Waals surface area contributed by atoms with Gasteiger partial charge in [0.2, 0.25) is 5.13 Å².